The molecule has 0 saturated carbocycles. The third-order valence-electron chi connectivity index (χ3n) is 3.29. The van der Waals surface area contributed by atoms with Crippen LogP contribution < -0.4 is 5.69 Å². The molecule has 0 aliphatic carbocycles. The van der Waals surface area contributed by atoms with Crippen molar-refractivity contribution in [2.45, 2.75) is 13.5 Å². The van der Waals surface area contributed by atoms with Gasteiger partial charge < -0.3 is 10.1 Å². The molecule has 2 aromatic heterocycles. The maximum atomic E-state index is 12.0. The molecule has 0 aliphatic rings. The predicted molar refractivity (Wildman–Crippen MR) is 77.7 cm³/mol. The van der Waals surface area contributed by atoms with Crippen LogP contribution in [0.2, 0.25) is 0 Å². The number of carboxylic acids is 1. The van der Waals surface area contributed by atoms with Crippen molar-refractivity contribution >= 4 is 28.3 Å². The molecule has 1 aromatic carbocycles. The first-order valence-electron chi connectivity index (χ1n) is 6.05. The molecule has 0 radical (unpaired) electrons. The number of aryl methyl sites for hydroxylation is 1. The van der Waals surface area contributed by atoms with Crippen molar-refractivity contribution < 1.29 is 9.90 Å². The largest absolute Gasteiger partial charge is 0.478 e. The molecule has 2 heterocycles. The smallest absolute Gasteiger partial charge is 0.335 e. The molecule has 0 unspecified atom stereocenters. The fourth-order valence-corrected chi connectivity index (χ4v) is 3.05. The van der Waals surface area contributed by atoms with Gasteiger partial charge in [0.25, 0.3) is 0 Å². The summed E-state index contributed by atoms with van der Waals surface area (Å²) in [5, 5.41) is 11.0. The normalized spacial score (nSPS) is 11.1. The van der Waals surface area contributed by atoms with E-state index >= 15 is 0 Å². The van der Waals surface area contributed by atoms with E-state index in [-0.39, 0.29) is 11.3 Å². The lowest BCUT2D eigenvalue weighted by Crippen LogP contribution is -2.17. The molecule has 0 aliphatic heterocycles. The third kappa shape index (κ3) is 2.04. The number of carboxylic acid groups (broad SMARTS) is 1. The van der Waals surface area contributed by atoms with Crippen LogP contribution in [0.5, 0.6) is 0 Å². The number of benzene rings is 1. The van der Waals surface area contributed by atoms with Gasteiger partial charge in [-0.25, -0.2) is 9.59 Å². The highest BCUT2D eigenvalue weighted by atomic mass is 32.1. The average Bonchev–Trinajstić information content (AvgIpc) is 2.94. The van der Waals surface area contributed by atoms with E-state index in [0.717, 1.165) is 10.4 Å². The molecule has 0 fully saturated rings. The zero-order chi connectivity index (χ0) is 14.3. The standard InChI is InChI=1S/C14H12N2O3S/c1-8-4-5-20-12(8)7-16-11-6-9(13(17)18)2-3-10(11)15-14(16)19/h2-6H,7H2,1H3,(H,15,19)(H,17,18). The van der Waals surface area contributed by atoms with Crippen LogP contribution in [0.25, 0.3) is 11.0 Å². The average molecular weight is 288 g/mol. The molecule has 3 rings (SSSR count). The molecule has 0 bridgehead atoms. The summed E-state index contributed by atoms with van der Waals surface area (Å²) in [6, 6.07) is 6.64. The third-order valence-corrected chi connectivity index (χ3v) is 4.30. The lowest BCUT2D eigenvalue weighted by molar-refractivity contribution is 0.0697. The molecule has 0 atom stereocenters. The van der Waals surface area contributed by atoms with Crippen LogP contribution in [0.15, 0.2) is 34.4 Å². The molecule has 2 N–H and O–H groups in total. The van der Waals surface area contributed by atoms with Crippen molar-refractivity contribution in [3.8, 4) is 0 Å². The van der Waals surface area contributed by atoms with Crippen molar-refractivity contribution in [1.82, 2.24) is 9.55 Å². The molecular formula is C14H12N2O3S. The summed E-state index contributed by atoms with van der Waals surface area (Å²) >= 11 is 1.59. The van der Waals surface area contributed by atoms with Gasteiger partial charge in [0.1, 0.15) is 0 Å². The predicted octanol–water partition coefficient (Wildman–Crippen LogP) is 2.45. The van der Waals surface area contributed by atoms with Crippen molar-refractivity contribution in [1.29, 1.82) is 0 Å². The Morgan fingerprint density at radius 2 is 2.20 bits per heavy atom. The number of hydrogen-bond acceptors (Lipinski definition) is 3. The van der Waals surface area contributed by atoms with Crippen LogP contribution >= 0.6 is 11.3 Å². The first-order valence-corrected chi connectivity index (χ1v) is 6.93. The van der Waals surface area contributed by atoms with Gasteiger partial charge in [-0.3, -0.25) is 4.57 Å². The summed E-state index contributed by atoms with van der Waals surface area (Å²) in [5.74, 6) is -1.00. The Hall–Kier alpha value is -2.34. The van der Waals surface area contributed by atoms with E-state index in [1.165, 1.54) is 12.1 Å². The van der Waals surface area contributed by atoms with Gasteiger partial charge in [0.15, 0.2) is 0 Å². The number of aromatic carboxylic acids is 1. The van der Waals surface area contributed by atoms with E-state index in [9.17, 15) is 9.59 Å². The second kappa shape index (κ2) is 4.64. The van der Waals surface area contributed by atoms with Crippen LogP contribution in [0, 0.1) is 6.92 Å². The van der Waals surface area contributed by atoms with Gasteiger partial charge in [0, 0.05) is 4.88 Å². The first kappa shape index (κ1) is 12.7. The van der Waals surface area contributed by atoms with E-state index in [1.807, 2.05) is 18.4 Å². The highest BCUT2D eigenvalue weighted by Gasteiger charge is 2.12. The maximum absolute atomic E-state index is 12.0. The van der Waals surface area contributed by atoms with E-state index in [1.54, 1.807) is 22.0 Å². The van der Waals surface area contributed by atoms with Crippen molar-refractivity contribution in [3.05, 3.63) is 56.1 Å². The second-order valence-electron chi connectivity index (χ2n) is 4.58. The number of aromatic amines is 1. The maximum Gasteiger partial charge on any atom is 0.335 e. The summed E-state index contributed by atoms with van der Waals surface area (Å²) in [5.41, 5.74) is 2.34. The number of fused-ring (bicyclic) bond motifs is 1. The zero-order valence-electron chi connectivity index (χ0n) is 10.7. The second-order valence-corrected chi connectivity index (χ2v) is 5.58. The number of hydrogen-bond donors (Lipinski definition) is 2. The van der Waals surface area contributed by atoms with Crippen LogP contribution in [0.4, 0.5) is 0 Å². The Balaban J connectivity index is 2.16. The summed E-state index contributed by atoms with van der Waals surface area (Å²) < 4.78 is 1.57. The molecule has 5 nitrogen and oxygen atoms in total. The number of imidazole rings is 1. The van der Waals surface area contributed by atoms with Crippen molar-refractivity contribution in [2.75, 3.05) is 0 Å². The first-order chi connectivity index (χ1) is 9.56. The minimum absolute atomic E-state index is 0.174. The number of nitrogens with zero attached hydrogens (tertiary/aromatic N) is 1. The highest BCUT2D eigenvalue weighted by molar-refractivity contribution is 7.10. The summed E-state index contributed by atoms with van der Waals surface area (Å²) in [7, 11) is 0. The van der Waals surface area contributed by atoms with Crippen LogP contribution in [0.3, 0.4) is 0 Å². The van der Waals surface area contributed by atoms with Gasteiger partial charge in [-0.2, -0.15) is 0 Å². The van der Waals surface area contributed by atoms with Crippen LogP contribution in [-0.2, 0) is 6.54 Å². The zero-order valence-corrected chi connectivity index (χ0v) is 11.5. The van der Waals surface area contributed by atoms with Crippen LogP contribution in [-0.4, -0.2) is 20.6 Å². The minimum Gasteiger partial charge on any atom is -0.478 e. The monoisotopic (exact) mass is 288 g/mol. The molecule has 0 saturated heterocycles. The number of H-pyrrole nitrogens is 1. The van der Waals surface area contributed by atoms with Gasteiger partial charge in [0.2, 0.25) is 0 Å². The quantitative estimate of drug-likeness (QED) is 0.777. The van der Waals surface area contributed by atoms with Gasteiger partial charge in [-0.05, 0) is 42.1 Å². The SMILES string of the molecule is Cc1ccsc1Cn1c(=O)[nH]c2ccc(C(=O)O)cc21. The van der Waals surface area contributed by atoms with Gasteiger partial charge in [-0.15, -0.1) is 11.3 Å². The summed E-state index contributed by atoms with van der Waals surface area (Å²) in [4.78, 5) is 26.9. The lowest BCUT2D eigenvalue weighted by Gasteiger charge is -2.03. The van der Waals surface area contributed by atoms with E-state index < -0.39 is 5.97 Å². The Morgan fingerprint density at radius 3 is 2.85 bits per heavy atom. The lowest BCUT2D eigenvalue weighted by atomic mass is 10.2. The molecule has 0 spiro atoms. The fourth-order valence-electron chi connectivity index (χ4n) is 2.15. The van der Waals surface area contributed by atoms with Gasteiger partial charge in [0.05, 0.1) is 23.1 Å². The van der Waals surface area contributed by atoms with Gasteiger partial charge >= 0.3 is 11.7 Å². The van der Waals surface area contributed by atoms with Crippen molar-refractivity contribution in [3.63, 3.8) is 0 Å². The highest BCUT2D eigenvalue weighted by Crippen LogP contribution is 2.19. The Morgan fingerprint density at radius 1 is 1.40 bits per heavy atom. The van der Waals surface area contributed by atoms with E-state index in [2.05, 4.69) is 4.98 Å². The van der Waals surface area contributed by atoms with Crippen LogP contribution in [0.1, 0.15) is 20.8 Å². The Labute approximate surface area is 118 Å². The number of nitrogens with one attached hydrogen (secondary N) is 1. The topological polar surface area (TPSA) is 75.1 Å². The fraction of sp³-hybridized carbons (Fsp3) is 0.143. The summed E-state index contributed by atoms with van der Waals surface area (Å²) in [6.45, 7) is 2.44. The number of aromatic nitrogens is 2. The molecule has 20 heavy (non-hydrogen) atoms. The number of rotatable bonds is 3. The van der Waals surface area contributed by atoms with E-state index in [0.29, 0.717) is 17.6 Å². The summed E-state index contributed by atoms with van der Waals surface area (Å²) in [6.07, 6.45) is 0. The number of thiophene rings is 1. The molecular weight excluding hydrogens is 276 g/mol. The number of carbonyl (C=O) groups is 1. The Bertz CT molecular complexity index is 857. The molecule has 102 valence electrons. The molecule has 3 aromatic rings. The molecule has 6 heteroatoms. The van der Waals surface area contributed by atoms with E-state index in [4.69, 9.17) is 5.11 Å². The minimum atomic E-state index is -1.00. The van der Waals surface area contributed by atoms with Crippen molar-refractivity contribution in [2.24, 2.45) is 0 Å². The molecule has 0 amide bonds. The Kier molecular flexibility index (Phi) is 2.94. The van der Waals surface area contributed by atoms with Gasteiger partial charge in [-0.1, -0.05) is 0 Å².